The molecule has 0 spiro atoms. The number of fused-ring (bicyclic) bond motifs is 1. The first-order chi connectivity index (χ1) is 10.6. The minimum absolute atomic E-state index is 0.165. The SMILES string of the molecule is CCn1cc(C(=O)N2CCOCC2)c(=O)c2cc(Cl)ncc21. The van der Waals surface area contributed by atoms with Crippen molar-refractivity contribution < 1.29 is 9.53 Å². The van der Waals surface area contributed by atoms with Gasteiger partial charge in [-0.15, -0.1) is 0 Å². The maximum atomic E-state index is 12.7. The molecule has 3 heterocycles. The van der Waals surface area contributed by atoms with Crippen molar-refractivity contribution in [3.63, 3.8) is 0 Å². The molecule has 0 aromatic carbocycles. The lowest BCUT2D eigenvalue weighted by Crippen LogP contribution is -2.42. The maximum absolute atomic E-state index is 12.7. The average molecular weight is 322 g/mol. The Balaban J connectivity index is 2.15. The molecule has 1 aliphatic rings. The molecule has 1 saturated heterocycles. The van der Waals surface area contributed by atoms with Gasteiger partial charge in [-0.2, -0.15) is 0 Å². The molecule has 0 radical (unpaired) electrons. The number of rotatable bonds is 2. The van der Waals surface area contributed by atoms with E-state index in [1.807, 2.05) is 11.5 Å². The van der Waals surface area contributed by atoms with Crippen molar-refractivity contribution in [1.29, 1.82) is 0 Å². The highest BCUT2D eigenvalue weighted by Crippen LogP contribution is 2.16. The van der Waals surface area contributed by atoms with Crippen molar-refractivity contribution in [2.24, 2.45) is 0 Å². The van der Waals surface area contributed by atoms with E-state index in [0.29, 0.717) is 43.8 Å². The predicted octanol–water partition coefficient (Wildman–Crippen LogP) is 1.54. The minimum Gasteiger partial charge on any atom is -0.378 e. The number of morpholine rings is 1. The summed E-state index contributed by atoms with van der Waals surface area (Å²) < 4.78 is 7.08. The monoisotopic (exact) mass is 321 g/mol. The second kappa shape index (κ2) is 6.06. The molecule has 7 heteroatoms. The highest BCUT2D eigenvalue weighted by atomic mass is 35.5. The summed E-state index contributed by atoms with van der Waals surface area (Å²) in [6, 6.07) is 1.52. The van der Waals surface area contributed by atoms with Crippen molar-refractivity contribution in [3.8, 4) is 0 Å². The number of hydrogen-bond donors (Lipinski definition) is 0. The summed E-state index contributed by atoms with van der Waals surface area (Å²) in [4.78, 5) is 30.9. The largest absolute Gasteiger partial charge is 0.378 e. The number of nitrogens with zero attached hydrogens (tertiary/aromatic N) is 3. The Labute approximate surface area is 132 Å². The Morgan fingerprint density at radius 3 is 2.82 bits per heavy atom. The van der Waals surface area contributed by atoms with Crippen LogP contribution in [-0.2, 0) is 11.3 Å². The molecule has 116 valence electrons. The number of aryl methyl sites for hydroxylation is 1. The zero-order chi connectivity index (χ0) is 15.7. The third kappa shape index (κ3) is 2.60. The molecule has 0 aliphatic carbocycles. The quantitative estimate of drug-likeness (QED) is 0.787. The molecule has 1 amide bonds. The Morgan fingerprint density at radius 1 is 1.41 bits per heavy atom. The number of hydrogen-bond acceptors (Lipinski definition) is 4. The fourth-order valence-corrected chi connectivity index (χ4v) is 2.77. The lowest BCUT2D eigenvalue weighted by Gasteiger charge is -2.27. The smallest absolute Gasteiger partial charge is 0.259 e. The summed E-state index contributed by atoms with van der Waals surface area (Å²) in [6.45, 7) is 4.57. The molecule has 22 heavy (non-hydrogen) atoms. The van der Waals surface area contributed by atoms with E-state index < -0.39 is 0 Å². The highest BCUT2D eigenvalue weighted by Gasteiger charge is 2.22. The summed E-state index contributed by atoms with van der Waals surface area (Å²) in [5.41, 5.74) is 0.537. The summed E-state index contributed by atoms with van der Waals surface area (Å²) in [7, 11) is 0. The summed E-state index contributed by atoms with van der Waals surface area (Å²) in [5.74, 6) is -0.259. The van der Waals surface area contributed by atoms with Gasteiger partial charge in [-0.05, 0) is 13.0 Å². The van der Waals surface area contributed by atoms with Crippen LogP contribution < -0.4 is 5.43 Å². The third-order valence-corrected chi connectivity index (χ3v) is 4.01. The molecule has 1 fully saturated rings. The van der Waals surface area contributed by atoms with Gasteiger partial charge in [0.1, 0.15) is 10.7 Å². The number of carbonyl (C=O) groups is 1. The molecule has 2 aromatic rings. The van der Waals surface area contributed by atoms with Crippen LogP contribution >= 0.6 is 11.6 Å². The number of halogens is 1. The zero-order valence-corrected chi connectivity index (χ0v) is 13.0. The first kappa shape index (κ1) is 15.0. The Kier molecular flexibility index (Phi) is 4.13. The second-order valence-corrected chi connectivity index (χ2v) is 5.47. The van der Waals surface area contributed by atoms with Crippen LogP contribution in [0.2, 0.25) is 5.15 Å². The number of carbonyl (C=O) groups excluding carboxylic acids is 1. The maximum Gasteiger partial charge on any atom is 0.259 e. The van der Waals surface area contributed by atoms with Gasteiger partial charge in [0.2, 0.25) is 5.43 Å². The number of amides is 1. The molecule has 0 saturated carbocycles. The van der Waals surface area contributed by atoms with Gasteiger partial charge < -0.3 is 14.2 Å². The van der Waals surface area contributed by atoms with Crippen LogP contribution in [0.5, 0.6) is 0 Å². The molecular formula is C15H16ClN3O3. The van der Waals surface area contributed by atoms with E-state index in [1.54, 1.807) is 17.3 Å². The van der Waals surface area contributed by atoms with E-state index in [1.165, 1.54) is 6.07 Å². The zero-order valence-electron chi connectivity index (χ0n) is 12.2. The molecule has 3 rings (SSSR count). The van der Waals surface area contributed by atoms with E-state index in [0.717, 1.165) is 0 Å². The van der Waals surface area contributed by atoms with Gasteiger partial charge in [-0.25, -0.2) is 4.98 Å². The normalized spacial score (nSPS) is 15.3. The lowest BCUT2D eigenvalue weighted by atomic mass is 10.1. The Morgan fingerprint density at radius 2 is 2.14 bits per heavy atom. The van der Waals surface area contributed by atoms with Crippen molar-refractivity contribution >= 4 is 28.4 Å². The molecule has 2 aromatic heterocycles. The van der Waals surface area contributed by atoms with Gasteiger partial charge >= 0.3 is 0 Å². The molecule has 0 unspecified atom stereocenters. The van der Waals surface area contributed by atoms with Gasteiger partial charge in [0.05, 0.1) is 30.3 Å². The fourth-order valence-electron chi connectivity index (χ4n) is 2.61. The average Bonchev–Trinajstić information content (AvgIpc) is 2.56. The van der Waals surface area contributed by atoms with Gasteiger partial charge in [0, 0.05) is 25.8 Å². The molecule has 1 aliphatic heterocycles. The van der Waals surface area contributed by atoms with Gasteiger partial charge in [0.15, 0.2) is 0 Å². The Bertz CT molecular complexity index is 781. The van der Waals surface area contributed by atoms with Crippen molar-refractivity contribution in [2.75, 3.05) is 26.3 Å². The molecule has 0 bridgehead atoms. The van der Waals surface area contributed by atoms with Crippen LogP contribution in [0.15, 0.2) is 23.3 Å². The molecule has 0 atom stereocenters. The van der Waals surface area contributed by atoms with E-state index in [2.05, 4.69) is 4.98 Å². The van der Waals surface area contributed by atoms with E-state index in [-0.39, 0.29) is 22.1 Å². The second-order valence-electron chi connectivity index (χ2n) is 5.09. The highest BCUT2D eigenvalue weighted by molar-refractivity contribution is 6.30. The van der Waals surface area contributed by atoms with Crippen LogP contribution in [-0.4, -0.2) is 46.7 Å². The molecule has 0 N–H and O–H groups in total. The van der Waals surface area contributed by atoms with Crippen LogP contribution in [0.3, 0.4) is 0 Å². The number of ether oxygens (including phenoxy) is 1. The summed E-state index contributed by atoms with van der Waals surface area (Å²) in [6.07, 6.45) is 3.17. The molecular weight excluding hydrogens is 306 g/mol. The van der Waals surface area contributed by atoms with Crippen molar-refractivity contribution in [2.45, 2.75) is 13.5 Å². The van der Waals surface area contributed by atoms with Crippen molar-refractivity contribution in [3.05, 3.63) is 39.4 Å². The third-order valence-electron chi connectivity index (χ3n) is 3.80. The topological polar surface area (TPSA) is 64.4 Å². The number of pyridine rings is 2. The van der Waals surface area contributed by atoms with Crippen LogP contribution in [0.25, 0.3) is 10.9 Å². The summed E-state index contributed by atoms with van der Waals surface area (Å²) >= 11 is 5.90. The van der Waals surface area contributed by atoms with Gasteiger partial charge in [-0.3, -0.25) is 9.59 Å². The van der Waals surface area contributed by atoms with E-state index in [4.69, 9.17) is 16.3 Å². The van der Waals surface area contributed by atoms with E-state index in [9.17, 15) is 9.59 Å². The minimum atomic E-state index is -0.305. The van der Waals surface area contributed by atoms with E-state index >= 15 is 0 Å². The molecule has 6 nitrogen and oxygen atoms in total. The van der Waals surface area contributed by atoms with Crippen molar-refractivity contribution in [1.82, 2.24) is 14.5 Å². The Hall–Kier alpha value is -1.92. The van der Waals surface area contributed by atoms with Crippen LogP contribution in [0.4, 0.5) is 0 Å². The first-order valence-electron chi connectivity index (χ1n) is 7.17. The first-order valence-corrected chi connectivity index (χ1v) is 7.55. The standard InChI is InChI=1S/C15H16ClN3O3/c1-2-18-9-11(15(21)19-3-5-22-6-4-19)14(20)10-7-13(16)17-8-12(10)18/h7-9H,2-6H2,1H3. The lowest BCUT2D eigenvalue weighted by molar-refractivity contribution is 0.0301. The predicted molar refractivity (Wildman–Crippen MR) is 83.4 cm³/mol. The van der Waals surface area contributed by atoms with Gasteiger partial charge in [0.25, 0.3) is 5.91 Å². The summed E-state index contributed by atoms with van der Waals surface area (Å²) in [5, 5.41) is 0.657. The van der Waals surface area contributed by atoms with Crippen LogP contribution in [0, 0.1) is 0 Å². The number of aromatic nitrogens is 2. The fraction of sp³-hybridized carbons (Fsp3) is 0.400. The van der Waals surface area contributed by atoms with Crippen LogP contribution in [0.1, 0.15) is 17.3 Å². The van der Waals surface area contributed by atoms with Gasteiger partial charge in [-0.1, -0.05) is 11.6 Å².